The van der Waals surface area contributed by atoms with Crippen LogP contribution in [-0.2, 0) is 0 Å². The molecule has 4 nitrogen and oxygen atoms in total. The van der Waals surface area contributed by atoms with Gasteiger partial charge in [0.2, 0.25) is 0 Å². The zero-order valence-corrected chi connectivity index (χ0v) is 17.1. The van der Waals surface area contributed by atoms with Crippen molar-refractivity contribution in [3.05, 3.63) is 107 Å². The first-order valence-electron chi connectivity index (χ1n) is 9.48. The Kier molecular flexibility index (Phi) is 5.59. The topological polar surface area (TPSA) is 58.6 Å². The number of carbonyl (C=O) groups is 1. The van der Waals surface area contributed by atoms with Crippen LogP contribution in [0, 0.1) is 0 Å². The predicted octanol–water partition coefficient (Wildman–Crippen LogP) is 5.73. The molecule has 1 amide bonds. The normalized spacial score (nSPS) is 11.8. The first-order chi connectivity index (χ1) is 14.6. The molecule has 0 fully saturated rings. The van der Waals surface area contributed by atoms with Crippen LogP contribution in [0.5, 0.6) is 11.5 Å². The van der Waals surface area contributed by atoms with Crippen molar-refractivity contribution in [3.8, 4) is 11.5 Å². The lowest BCUT2D eigenvalue weighted by Crippen LogP contribution is -2.29. The Morgan fingerprint density at radius 2 is 1.73 bits per heavy atom. The van der Waals surface area contributed by atoms with E-state index in [0.29, 0.717) is 21.9 Å². The first kappa shape index (κ1) is 19.8. The quantitative estimate of drug-likeness (QED) is 0.436. The molecule has 150 valence electrons. The van der Waals surface area contributed by atoms with Gasteiger partial charge in [0.15, 0.2) is 0 Å². The SMILES string of the molecule is COc1cccc(C(=O)NC(c2ccc(Cl)cc2)c2c(O)ccc3ccccc23)c1. The van der Waals surface area contributed by atoms with E-state index in [-0.39, 0.29) is 11.7 Å². The van der Waals surface area contributed by atoms with Crippen molar-refractivity contribution < 1.29 is 14.6 Å². The van der Waals surface area contributed by atoms with Crippen molar-refractivity contribution in [3.63, 3.8) is 0 Å². The second-order valence-corrected chi connectivity index (χ2v) is 7.35. The Morgan fingerprint density at radius 1 is 0.967 bits per heavy atom. The van der Waals surface area contributed by atoms with Crippen LogP contribution < -0.4 is 10.1 Å². The molecule has 4 aromatic carbocycles. The Bertz CT molecular complexity index is 1200. The zero-order valence-electron chi connectivity index (χ0n) is 16.3. The molecular formula is C25H20ClNO3. The van der Waals surface area contributed by atoms with Crippen molar-refractivity contribution in [2.75, 3.05) is 7.11 Å². The molecule has 30 heavy (non-hydrogen) atoms. The molecule has 0 bridgehead atoms. The number of hydrogen-bond donors (Lipinski definition) is 2. The molecule has 4 rings (SSSR count). The van der Waals surface area contributed by atoms with Gasteiger partial charge >= 0.3 is 0 Å². The largest absolute Gasteiger partial charge is 0.508 e. The van der Waals surface area contributed by atoms with Gasteiger partial charge in [0, 0.05) is 16.1 Å². The summed E-state index contributed by atoms with van der Waals surface area (Å²) < 4.78 is 5.23. The molecule has 0 radical (unpaired) electrons. The Balaban J connectivity index is 1.83. The van der Waals surface area contributed by atoms with E-state index in [2.05, 4.69) is 5.32 Å². The number of phenols is 1. The molecule has 1 atom stereocenters. The highest BCUT2D eigenvalue weighted by Crippen LogP contribution is 2.36. The van der Waals surface area contributed by atoms with Crippen LogP contribution in [0.2, 0.25) is 5.02 Å². The van der Waals surface area contributed by atoms with E-state index < -0.39 is 6.04 Å². The third-order valence-corrected chi connectivity index (χ3v) is 5.30. The third kappa shape index (κ3) is 3.95. The number of amides is 1. The van der Waals surface area contributed by atoms with Crippen molar-refractivity contribution >= 4 is 28.3 Å². The highest BCUT2D eigenvalue weighted by atomic mass is 35.5. The van der Waals surface area contributed by atoms with E-state index in [0.717, 1.165) is 16.3 Å². The summed E-state index contributed by atoms with van der Waals surface area (Å²) in [4.78, 5) is 13.1. The van der Waals surface area contributed by atoms with Crippen molar-refractivity contribution in [1.29, 1.82) is 0 Å². The summed E-state index contributed by atoms with van der Waals surface area (Å²) in [6.07, 6.45) is 0. The number of nitrogens with one attached hydrogen (secondary N) is 1. The molecule has 2 N–H and O–H groups in total. The lowest BCUT2D eigenvalue weighted by Gasteiger charge is -2.23. The summed E-state index contributed by atoms with van der Waals surface area (Å²) >= 11 is 6.07. The second kappa shape index (κ2) is 8.47. The number of phenolic OH excluding ortho intramolecular Hbond substituents is 1. The molecule has 0 spiro atoms. The Morgan fingerprint density at radius 3 is 2.50 bits per heavy atom. The molecular weight excluding hydrogens is 398 g/mol. The highest BCUT2D eigenvalue weighted by Gasteiger charge is 2.23. The van der Waals surface area contributed by atoms with Gasteiger partial charge in [-0.15, -0.1) is 0 Å². The maximum absolute atomic E-state index is 13.1. The smallest absolute Gasteiger partial charge is 0.252 e. The summed E-state index contributed by atoms with van der Waals surface area (Å²) in [5.74, 6) is 0.430. The van der Waals surface area contributed by atoms with E-state index in [9.17, 15) is 9.90 Å². The molecule has 4 aromatic rings. The van der Waals surface area contributed by atoms with Gasteiger partial charge in [-0.3, -0.25) is 4.79 Å². The third-order valence-electron chi connectivity index (χ3n) is 5.05. The Labute approximate surface area is 179 Å². The monoisotopic (exact) mass is 417 g/mol. The van der Waals surface area contributed by atoms with Crippen LogP contribution in [0.4, 0.5) is 0 Å². The Hall–Kier alpha value is -3.50. The van der Waals surface area contributed by atoms with Crippen LogP contribution in [0.3, 0.4) is 0 Å². The van der Waals surface area contributed by atoms with Crippen LogP contribution in [-0.4, -0.2) is 18.1 Å². The van der Waals surface area contributed by atoms with E-state index in [1.165, 1.54) is 0 Å². The number of hydrogen-bond acceptors (Lipinski definition) is 3. The molecule has 5 heteroatoms. The van der Waals surface area contributed by atoms with Gasteiger partial charge in [-0.05, 0) is 52.7 Å². The number of benzene rings is 4. The van der Waals surface area contributed by atoms with Gasteiger partial charge < -0.3 is 15.2 Å². The first-order valence-corrected chi connectivity index (χ1v) is 9.85. The van der Waals surface area contributed by atoms with Crippen molar-refractivity contribution in [2.24, 2.45) is 0 Å². The molecule has 0 aliphatic heterocycles. The summed E-state index contributed by atoms with van der Waals surface area (Å²) in [5, 5.41) is 16.3. The maximum atomic E-state index is 13.1. The molecule has 0 aliphatic carbocycles. The molecule has 0 aromatic heterocycles. The molecule has 0 aliphatic rings. The molecule has 1 unspecified atom stereocenters. The summed E-state index contributed by atoms with van der Waals surface area (Å²) in [6.45, 7) is 0. The van der Waals surface area contributed by atoms with Crippen molar-refractivity contribution in [1.82, 2.24) is 5.32 Å². The van der Waals surface area contributed by atoms with Crippen LogP contribution in [0.15, 0.2) is 84.9 Å². The van der Waals surface area contributed by atoms with E-state index in [1.807, 2.05) is 42.5 Å². The number of fused-ring (bicyclic) bond motifs is 1. The standard InChI is InChI=1S/C25H20ClNO3/c1-30-20-7-4-6-18(15-20)25(29)27-24(17-9-12-19(26)13-10-17)23-21-8-3-2-5-16(21)11-14-22(23)28/h2-15,24,28H,1H3,(H,27,29). The number of rotatable bonds is 5. The summed E-state index contributed by atoms with van der Waals surface area (Å²) in [6, 6.07) is 24.9. The minimum Gasteiger partial charge on any atom is -0.508 e. The number of carbonyl (C=O) groups excluding carboxylic acids is 1. The van der Waals surface area contributed by atoms with Crippen LogP contribution in [0.25, 0.3) is 10.8 Å². The van der Waals surface area contributed by atoms with Gasteiger partial charge in [0.05, 0.1) is 13.2 Å². The van der Waals surface area contributed by atoms with E-state index in [4.69, 9.17) is 16.3 Å². The number of ether oxygens (including phenoxy) is 1. The van der Waals surface area contributed by atoms with E-state index in [1.54, 1.807) is 49.6 Å². The number of methoxy groups -OCH3 is 1. The fourth-order valence-electron chi connectivity index (χ4n) is 3.54. The lowest BCUT2D eigenvalue weighted by molar-refractivity contribution is 0.0942. The van der Waals surface area contributed by atoms with Gasteiger partial charge in [-0.2, -0.15) is 0 Å². The maximum Gasteiger partial charge on any atom is 0.252 e. The minimum atomic E-state index is -0.577. The van der Waals surface area contributed by atoms with Crippen molar-refractivity contribution in [2.45, 2.75) is 6.04 Å². The average Bonchev–Trinajstić information content (AvgIpc) is 2.78. The second-order valence-electron chi connectivity index (χ2n) is 6.91. The summed E-state index contributed by atoms with van der Waals surface area (Å²) in [5.41, 5.74) is 1.90. The predicted molar refractivity (Wildman–Crippen MR) is 119 cm³/mol. The zero-order chi connectivity index (χ0) is 21.1. The number of aromatic hydroxyl groups is 1. The lowest BCUT2D eigenvalue weighted by atomic mass is 9.92. The fourth-order valence-corrected chi connectivity index (χ4v) is 3.67. The fraction of sp³-hybridized carbons (Fsp3) is 0.0800. The minimum absolute atomic E-state index is 0.111. The average molecular weight is 418 g/mol. The van der Waals surface area contributed by atoms with Gasteiger partial charge in [0.1, 0.15) is 11.5 Å². The molecule has 0 saturated heterocycles. The van der Waals surface area contributed by atoms with Gasteiger partial charge in [-0.1, -0.05) is 60.1 Å². The van der Waals surface area contributed by atoms with Crippen LogP contribution in [0.1, 0.15) is 27.5 Å². The number of halogens is 1. The van der Waals surface area contributed by atoms with Crippen LogP contribution >= 0.6 is 11.6 Å². The summed E-state index contributed by atoms with van der Waals surface area (Å²) in [7, 11) is 1.56. The van der Waals surface area contributed by atoms with E-state index >= 15 is 0 Å². The van der Waals surface area contributed by atoms with Gasteiger partial charge in [0.25, 0.3) is 5.91 Å². The molecule has 0 heterocycles. The highest BCUT2D eigenvalue weighted by molar-refractivity contribution is 6.30. The molecule has 0 saturated carbocycles. The van der Waals surface area contributed by atoms with Gasteiger partial charge in [-0.25, -0.2) is 0 Å².